The summed E-state index contributed by atoms with van der Waals surface area (Å²) in [5, 5.41) is 8.66. The van der Waals surface area contributed by atoms with Crippen LogP contribution in [0.3, 0.4) is 0 Å². The second kappa shape index (κ2) is 5.71. The van der Waals surface area contributed by atoms with Gasteiger partial charge in [0.15, 0.2) is 5.76 Å². The molecule has 2 heterocycles. The molecule has 2 N–H and O–H groups in total. The lowest BCUT2D eigenvalue weighted by molar-refractivity contribution is 0.157. The van der Waals surface area contributed by atoms with E-state index in [2.05, 4.69) is 5.16 Å². The lowest BCUT2D eigenvalue weighted by Gasteiger charge is -2.36. The van der Waals surface area contributed by atoms with Crippen molar-refractivity contribution in [1.82, 2.24) is 10.1 Å². The van der Waals surface area contributed by atoms with E-state index in [4.69, 9.17) is 14.4 Å². The summed E-state index contributed by atoms with van der Waals surface area (Å²) in [6.07, 6.45) is 0. The van der Waals surface area contributed by atoms with E-state index in [1.54, 1.807) is 7.11 Å². The Morgan fingerprint density at radius 3 is 2.64 bits per heavy atom. The first-order chi connectivity index (χ1) is 10.5. The van der Waals surface area contributed by atoms with Crippen molar-refractivity contribution in [3.63, 3.8) is 0 Å². The normalized spacial score (nSPS) is 16.5. The molecule has 1 aliphatic heterocycles. The minimum absolute atomic E-state index is 0.428. The molecule has 0 aliphatic carbocycles. The standard InChI is InChI=1S/C14H17N3O4S/c1-20-11-4-2-10(3-5-11)14-6-12(21-16-14)7-17-8-13(9-17)22(15,18)19/h2-6,13H,7-9H2,1H3,(H2,15,18,19). The third-order valence-corrected chi connectivity index (χ3v) is 4.94. The Labute approximate surface area is 128 Å². The minimum atomic E-state index is -3.44. The van der Waals surface area contributed by atoms with Crippen molar-refractivity contribution >= 4 is 10.0 Å². The molecular weight excluding hydrogens is 306 g/mol. The maximum atomic E-state index is 11.2. The summed E-state index contributed by atoms with van der Waals surface area (Å²) in [5.41, 5.74) is 1.67. The molecule has 0 spiro atoms. The maximum Gasteiger partial charge on any atom is 0.214 e. The summed E-state index contributed by atoms with van der Waals surface area (Å²) >= 11 is 0. The highest BCUT2D eigenvalue weighted by molar-refractivity contribution is 7.89. The number of sulfonamides is 1. The number of ether oxygens (including phenoxy) is 1. The van der Waals surface area contributed by atoms with Crippen LogP contribution in [-0.4, -0.2) is 43.9 Å². The van der Waals surface area contributed by atoms with Gasteiger partial charge in [0, 0.05) is 24.7 Å². The number of benzene rings is 1. The zero-order chi connectivity index (χ0) is 15.7. The van der Waals surface area contributed by atoms with Crippen molar-refractivity contribution in [2.75, 3.05) is 20.2 Å². The Morgan fingerprint density at radius 2 is 2.05 bits per heavy atom. The zero-order valence-corrected chi connectivity index (χ0v) is 12.9. The number of hydrogen-bond donors (Lipinski definition) is 1. The number of likely N-dealkylation sites (tertiary alicyclic amines) is 1. The molecule has 1 aromatic carbocycles. The molecule has 2 aromatic rings. The van der Waals surface area contributed by atoms with E-state index in [-0.39, 0.29) is 0 Å². The zero-order valence-electron chi connectivity index (χ0n) is 12.1. The molecule has 0 radical (unpaired) electrons. The fourth-order valence-electron chi connectivity index (χ4n) is 2.37. The first-order valence-electron chi connectivity index (χ1n) is 6.79. The van der Waals surface area contributed by atoms with Crippen LogP contribution in [0, 0.1) is 0 Å². The highest BCUT2D eigenvalue weighted by Crippen LogP contribution is 2.24. The average molecular weight is 323 g/mol. The van der Waals surface area contributed by atoms with E-state index in [0.717, 1.165) is 17.0 Å². The Hall–Kier alpha value is -1.90. The van der Waals surface area contributed by atoms with Gasteiger partial charge in [-0.25, -0.2) is 13.6 Å². The number of hydrogen-bond acceptors (Lipinski definition) is 6. The first-order valence-corrected chi connectivity index (χ1v) is 8.40. The summed E-state index contributed by atoms with van der Waals surface area (Å²) in [6.45, 7) is 1.38. The molecule has 3 rings (SSSR count). The number of primary sulfonamides is 1. The molecule has 0 bridgehead atoms. The molecule has 0 unspecified atom stereocenters. The maximum absolute atomic E-state index is 11.2. The third-order valence-electron chi connectivity index (χ3n) is 3.71. The van der Waals surface area contributed by atoms with Crippen LogP contribution in [-0.2, 0) is 16.6 Å². The summed E-state index contributed by atoms with van der Waals surface area (Å²) in [4.78, 5) is 1.95. The van der Waals surface area contributed by atoms with Crippen molar-refractivity contribution in [3.05, 3.63) is 36.1 Å². The Bertz CT molecular complexity index is 749. The van der Waals surface area contributed by atoms with Crippen LogP contribution in [0.1, 0.15) is 5.76 Å². The second-order valence-corrected chi connectivity index (χ2v) is 7.16. The molecule has 0 amide bonds. The predicted molar refractivity (Wildman–Crippen MR) is 80.7 cm³/mol. The lowest BCUT2D eigenvalue weighted by atomic mass is 10.1. The molecular formula is C14H17N3O4S. The van der Waals surface area contributed by atoms with E-state index in [0.29, 0.717) is 25.4 Å². The van der Waals surface area contributed by atoms with Crippen molar-refractivity contribution in [2.45, 2.75) is 11.8 Å². The second-order valence-electron chi connectivity index (χ2n) is 5.31. The van der Waals surface area contributed by atoms with E-state index in [1.165, 1.54) is 0 Å². The number of rotatable bonds is 5. The van der Waals surface area contributed by atoms with Crippen molar-refractivity contribution in [3.8, 4) is 17.0 Å². The number of aromatic nitrogens is 1. The topological polar surface area (TPSA) is 98.7 Å². The molecule has 0 saturated carbocycles. The van der Waals surface area contributed by atoms with Gasteiger partial charge in [-0.1, -0.05) is 5.16 Å². The van der Waals surface area contributed by atoms with Gasteiger partial charge in [-0.2, -0.15) is 0 Å². The van der Waals surface area contributed by atoms with Gasteiger partial charge in [0.2, 0.25) is 10.0 Å². The van der Waals surface area contributed by atoms with E-state index >= 15 is 0 Å². The molecule has 118 valence electrons. The fraction of sp³-hybridized carbons (Fsp3) is 0.357. The van der Waals surface area contributed by atoms with Crippen LogP contribution in [0.5, 0.6) is 5.75 Å². The van der Waals surface area contributed by atoms with Crippen LogP contribution >= 0.6 is 0 Å². The summed E-state index contributed by atoms with van der Waals surface area (Å²) in [6, 6.07) is 9.37. The van der Waals surface area contributed by atoms with E-state index in [1.807, 2.05) is 35.2 Å². The van der Waals surface area contributed by atoms with Gasteiger partial charge >= 0.3 is 0 Å². The lowest BCUT2D eigenvalue weighted by Crippen LogP contribution is -2.55. The fourth-order valence-corrected chi connectivity index (χ4v) is 3.20. The summed E-state index contributed by atoms with van der Waals surface area (Å²) < 4.78 is 32.7. The van der Waals surface area contributed by atoms with Gasteiger partial charge in [0.1, 0.15) is 16.7 Å². The van der Waals surface area contributed by atoms with Gasteiger partial charge < -0.3 is 9.26 Å². The molecule has 1 fully saturated rings. The Kier molecular flexibility index (Phi) is 3.90. The summed E-state index contributed by atoms with van der Waals surface area (Å²) in [7, 11) is -1.82. The Morgan fingerprint density at radius 1 is 1.36 bits per heavy atom. The van der Waals surface area contributed by atoms with Crippen molar-refractivity contribution in [2.24, 2.45) is 5.14 Å². The molecule has 8 heteroatoms. The Balaban J connectivity index is 1.62. The van der Waals surface area contributed by atoms with Gasteiger partial charge in [-0.3, -0.25) is 4.90 Å². The molecule has 1 aliphatic rings. The van der Waals surface area contributed by atoms with Crippen LogP contribution in [0.25, 0.3) is 11.3 Å². The molecule has 7 nitrogen and oxygen atoms in total. The monoisotopic (exact) mass is 323 g/mol. The highest BCUT2D eigenvalue weighted by Gasteiger charge is 2.35. The largest absolute Gasteiger partial charge is 0.497 e. The predicted octanol–water partition coefficient (Wildman–Crippen LogP) is 0.823. The number of nitrogens with zero attached hydrogens (tertiary/aromatic N) is 2. The molecule has 1 aromatic heterocycles. The van der Waals surface area contributed by atoms with Gasteiger partial charge in [0.25, 0.3) is 0 Å². The van der Waals surface area contributed by atoms with Crippen LogP contribution < -0.4 is 9.88 Å². The molecule has 22 heavy (non-hydrogen) atoms. The highest BCUT2D eigenvalue weighted by atomic mass is 32.2. The van der Waals surface area contributed by atoms with Gasteiger partial charge in [0.05, 0.1) is 13.7 Å². The van der Waals surface area contributed by atoms with E-state index < -0.39 is 15.3 Å². The SMILES string of the molecule is COc1ccc(-c2cc(CN3CC(S(N)(=O)=O)C3)on2)cc1. The smallest absolute Gasteiger partial charge is 0.214 e. The van der Waals surface area contributed by atoms with Crippen LogP contribution in [0.4, 0.5) is 0 Å². The van der Waals surface area contributed by atoms with E-state index in [9.17, 15) is 8.42 Å². The number of nitrogens with two attached hydrogens (primary N) is 1. The third kappa shape index (κ3) is 3.13. The van der Waals surface area contributed by atoms with Crippen molar-refractivity contribution in [1.29, 1.82) is 0 Å². The summed E-state index contributed by atoms with van der Waals surface area (Å²) in [5.74, 6) is 1.47. The number of methoxy groups -OCH3 is 1. The van der Waals surface area contributed by atoms with Gasteiger partial charge in [-0.15, -0.1) is 0 Å². The van der Waals surface area contributed by atoms with Crippen LogP contribution in [0.2, 0.25) is 0 Å². The molecule has 1 saturated heterocycles. The van der Waals surface area contributed by atoms with Gasteiger partial charge in [-0.05, 0) is 24.3 Å². The minimum Gasteiger partial charge on any atom is -0.497 e. The van der Waals surface area contributed by atoms with Crippen LogP contribution in [0.15, 0.2) is 34.9 Å². The average Bonchev–Trinajstić information content (AvgIpc) is 2.90. The first kappa shape index (κ1) is 15.0. The van der Waals surface area contributed by atoms with Crippen molar-refractivity contribution < 1.29 is 17.7 Å². The quantitative estimate of drug-likeness (QED) is 0.875. The molecule has 0 atom stereocenters.